The minimum absolute atomic E-state index is 0.0495. The summed E-state index contributed by atoms with van der Waals surface area (Å²) >= 11 is 6.24. The molecule has 28 heavy (non-hydrogen) atoms. The van der Waals surface area contributed by atoms with Gasteiger partial charge in [-0.25, -0.2) is 4.79 Å². The van der Waals surface area contributed by atoms with Crippen LogP contribution in [0.1, 0.15) is 16.1 Å². The van der Waals surface area contributed by atoms with Gasteiger partial charge in [-0.05, 0) is 36.2 Å². The quantitative estimate of drug-likeness (QED) is 0.490. The Morgan fingerprint density at radius 2 is 1.61 bits per heavy atom. The molecule has 0 spiro atoms. The molecule has 0 saturated carbocycles. The van der Waals surface area contributed by atoms with E-state index in [4.69, 9.17) is 16.0 Å². The molecule has 3 aromatic carbocycles. The number of carbonyl (C=O) groups is 1. The largest absolute Gasteiger partial charge is 0.416 e. The van der Waals surface area contributed by atoms with E-state index in [1.165, 1.54) is 0 Å². The van der Waals surface area contributed by atoms with E-state index in [0.717, 1.165) is 11.1 Å². The summed E-state index contributed by atoms with van der Waals surface area (Å²) in [6, 6.07) is 21.8. The van der Waals surface area contributed by atoms with Crippen LogP contribution in [0.4, 0.5) is 5.69 Å². The van der Waals surface area contributed by atoms with Crippen molar-refractivity contribution in [3.63, 3.8) is 0 Å². The smallest absolute Gasteiger partial charge is 0.344 e. The fourth-order valence-electron chi connectivity index (χ4n) is 3.15. The zero-order valence-corrected chi connectivity index (χ0v) is 15.8. The van der Waals surface area contributed by atoms with Gasteiger partial charge in [0.05, 0.1) is 16.1 Å². The molecule has 4 rings (SSSR count). The van der Waals surface area contributed by atoms with Crippen LogP contribution in [0.25, 0.3) is 21.9 Å². The van der Waals surface area contributed by atoms with Gasteiger partial charge in [0, 0.05) is 10.9 Å². The molecule has 5 heteroatoms. The monoisotopic (exact) mass is 389 g/mol. The summed E-state index contributed by atoms with van der Waals surface area (Å²) in [7, 11) is 0. The molecule has 0 atom stereocenters. The van der Waals surface area contributed by atoms with Gasteiger partial charge in [0.25, 0.3) is 5.91 Å². The summed E-state index contributed by atoms with van der Waals surface area (Å²) in [6.45, 7) is 1.91. The fourth-order valence-corrected chi connectivity index (χ4v) is 3.43. The van der Waals surface area contributed by atoms with Gasteiger partial charge in [0.1, 0.15) is 0 Å². The number of fused-ring (bicyclic) bond motifs is 1. The normalized spacial score (nSPS) is 10.8. The van der Waals surface area contributed by atoms with Crippen molar-refractivity contribution in [1.82, 2.24) is 0 Å². The van der Waals surface area contributed by atoms with E-state index in [-0.39, 0.29) is 5.76 Å². The number of hydrogen-bond acceptors (Lipinski definition) is 3. The molecule has 0 aliphatic heterocycles. The van der Waals surface area contributed by atoms with Crippen molar-refractivity contribution in [3.05, 3.63) is 99.6 Å². The molecule has 0 aliphatic carbocycles. The van der Waals surface area contributed by atoms with Crippen LogP contribution < -0.4 is 10.9 Å². The second kappa shape index (κ2) is 7.33. The second-order valence-corrected chi connectivity index (χ2v) is 6.85. The predicted molar refractivity (Wildman–Crippen MR) is 112 cm³/mol. The maximum atomic E-state index is 13.0. The Kier molecular flexibility index (Phi) is 4.72. The molecule has 1 N–H and O–H groups in total. The molecule has 4 nitrogen and oxygen atoms in total. The van der Waals surface area contributed by atoms with Crippen LogP contribution in [-0.4, -0.2) is 5.91 Å². The van der Waals surface area contributed by atoms with E-state index in [9.17, 15) is 9.59 Å². The minimum Gasteiger partial charge on any atom is -0.416 e. The molecule has 0 bridgehead atoms. The van der Waals surface area contributed by atoms with Crippen LogP contribution in [0.2, 0.25) is 5.02 Å². The molecule has 138 valence electrons. The molecule has 0 saturated heterocycles. The number of carbonyl (C=O) groups excluding carboxylic acids is 1. The van der Waals surface area contributed by atoms with Crippen molar-refractivity contribution in [3.8, 4) is 11.1 Å². The lowest BCUT2D eigenvalue weighted by molar-refractivity contribution is 0.0994. The van der Waals surface area contributed by atoms with Crippen LogP contribution >= 0.6 is 11.6 Å². The Bertz CT molecular complexity index is 1250. The number of rotatable bonds is 3. The Labute approximate surface area is 166 Å². The molecule has 0 radical (unpaired) electrons. The third-order valence-electron chi connectivity index (χ3n) is 4.48. The molecular weight excluding hydrogens is 374 g/mol. The SMILES string of the molecule is Cc1ccc(NC(=O)c2oc(=O)c3ccccc3c2-c2ccccc2)c(Cl)c1. The van der Waals surface area contributed by atoms with Gasteiger partial charge >= 0.3 is 5.63 Å². The molecular formula is C23H16ClNO3. The first-order chi connectivity index (χ1) is 13.5. The predicted octanol–water partition coefficient (Wildman–Crippen LogP) is 5.67. The van der Waals surface area contributed by atoms with Gasteiger partial charge in [0.2, 0.25) is 5.76 Å². The third kappa shape index (κ3) is 3.30. The van der Waals surface area contributed by atoms with Crippen molar-refractivity contribution in [1.29, 1.82) is 0 Å². The van der Waals surface area contributed by atoms with Gasteiger partial charge in [-0.2, -0.15) is 0 Å². The van der Waals surface area contributed by atoms with Crippen LogP contribution in [0, 0.1) is 6.92 Å². The maximum Gasteiger partial charge on any atom is 0.344 e. The summed E-state index contributed by atoms with van der Waals surface area (Å²) in [4.78, 5) is 25.5. The minimum atomic E-state index is -0.560. The summed E-state index contributed by atoms with van der Waals surface area (Å²) in [5.41, 5.74) is 2.21. The van der Waals surface area contributed by atoms with E-state index in [1.807, 2.05) is 55.5 Å². The number of hydrogen-bond donors (Lipinski definition) is 1. The van der Waals surface area contributed by atoms with E-state index in [1.54, 1.807) is 24.3 Å². The van der Waals surface area contributed by atoms with E-state index < -0.39 is 11.5 Å². The first-order valence-electron chi connectivity index (χ1n) is 8.73. The third-order valence-corrected chi connectivity index (χ3v) is 4.79. The number of anilines is 1. The first-order valence-corrected chi connectivity index (χ1v) is 9.11. The Morgan fingerprint density at radius 1 is 0.929 bits per heavy atom. The number of aryl methyl sites for hydroxylation is 1. The summed E-state index contributed by atoms with van der Waals surface area (Å²) in [5.74, 6) is -0.584. The summed E-state index contributed by atoms with van der Waals surface area (Å²) in [5, 5.41) is 4.25. The Balaban J connectivity index is 1.91. The standard InChI is InChI=1S/C23H16ClNO3/c1-14-11-12-19(18(24)13-14)25-22(26)21-20(15-7-3-2-4-8-15)16-9-5-6-10-17(16)23(27)28-21/h2-13H,1H3,(H,25,26). The van der Waals surface area contributed by atoms with E-state index >= 15 is 0 Å². The molecule has 0 fully saturated rings. The first kappa shape index (κ1) is 18.0. The lowest BCUT2D eigenvalue weighted by atomic mass is 9.98. The lowest BCUT2D eigenvalue weighted by Gasteiger charge is -2.13. The lowest BCUT2D eigenvalue weighted by Crippen LogP contribution is -2.17. The van der Waals surface area contributed by atoms with Gasteiger partial charge in [-0.1, -0.05) is 66.2 Å². The highest BCUT2D eigenvalue weighted by Crippen LogP contribution is 2.31. The van der Waals surface area contributed by atoms with Crippen LogP contribution in [-0.2, 0) is 0 Å². The molecule has 1 heterocycles. The molecule has 0 aliphatic rings. The number of benzene rings is 3. The summed E-state index contributed by atoms with van der Waals surface area (Å²) in [6.07, 6.45) is 0. The highest BCUT2D eigenvalue weighted by molar-refractivity contribution is 6.34. The van der Waals surface area contributed by atoms with Crippen molar-refractivity contribution in [2.24, 2.45) is 0 Å². The van der Waals surface area contributed by atoms with Crippen LogP contribution in [0.15, 0.2) is 82.0 Å². The van der Waals surface area contributed by atoms with E-state index in [0.29, 0.717) is 27.0 Å². The average Bonchev–Trinajstić information content (AvgIpc) is 2.70. The fraction of sp³-hybridized carbons (Fsp3) is 0.0435. The van der Waals surface area contributed by atoms with Crippen molar-refractivity contribution < 1.29 is 9.21 Å². The van der Waals surface area contributed by atoms with E-state index in [2.05, 4.69) is 5.32 Å². The maximum absolute atomic E-state index is 13.0. The average molecular weight is 390 g/mol. The van der Waals surface area contributed by atoms with Crippen molar-refractivity contribution in [2.45, 2.75) is 6.92 Å². The topological polar surface area (TPSA) is 59.3 Å². The molecule has 4 aromatic rings. The van der Waals surface area contributed by atoms with Crippen LogP contribution in [0.3, 0.4) is 0 Å². The van der Waals surface area contributed by atoms with Gasteiger partial charge < -0.3 is 9.73 Å². The molecule has 0 unspecified atom stereocenters. The molecule has 1 amide bonds. The van der Waals surface area contributed by atoms with Gasteiger partial charge in [-0.15, -0.1) is 0 Å². The van der Waals surface area contributed by atoms with Gasteiger partial charge in [-0.3, -0.25) is 4.79 Å². The zero-order chi connectivity index (χ0) is 19.7. The second-order valence-electron chi connectivity index (χ2n) is 6.44. The number of halogens is 1. The highest BCUT2D eigenvalue weighted by atomic mass is 35.5. The molecule has 1 aromatic heterocycles. The zero-order valence-electron chi connectivity index (χ0n) is 15.0. The van der Waals surface area contributed by atoms with Crippen molar-refractivity contribution in [2.75, 3.05) is 5.32 Å². The van der Waals surface area contributed by atoms with Gasteiger partial charge in [0.15, 0.2) is 0 Å². The van der Waals surface area contributed by atoms with Crippen molar-refractivity contribution >= 4 is 34.0 Å². The highest BCUT2D eigenvalue weighted by Gasteiger charge is 2.21. The Morgan fingerprint density at radius 3 is 2.32 bits per heavy atom. The number of nitrogens with one attached hydrogen (secondary N) is 1. The number of amides is 1. The Hall–Kier alpha value is -3.37. The van der Waals surface area contributed by atoms with Crippen LogP contribution in [0.5, 0.6) is 0 Å². The summed E-state index contributed by atoms with van der Waals surface area (Å²) < 4.78 is 5.46.